The van der Waals surface area contributed by atoms with E-state index in [-0.39, 0.29) is 0 Å². The third kappa shape index (κ3) is 7.06. The molecule has 0 amide bonds. The first-order valence-corrected chi connectivity index (χ1v) is 22.1. The molecule has 304 valence electrons. The van der Waals surface area contributed by atoms with Gasteiger partial charge in [-0.15, -0.1) is 0 Å². The Morgan fingerprint density at radius 3 is 1.46 bits per heavy atom. The smallest absolute Gasteiger partial charge is 0.162 e. The normalized spacial score (nSPS) is 11.4. The summed E-state index contributed by atoms with van der Waals surface area (Å²) in [7, 11) is 0. The lowest BCUT2D eigenvalue weighted by atomic mass is 9.90. The van der Waals surface area contributed by atoms with Gasteiger partial charge in [0.15, 0.2) is 5.82 Å². The average molecular weight is 828 g/mol. The van der Waals surface area contributed by atoms with Crippen molar-refractivity contribution < 1.29 is 0 Å². The Kier molecular flexibility index (Phi) is 9.50. The zero-order valence-electron chi connectivity index (χ0n) is 35.5. The van der Waals surface area contributed by atoms with Crippen molar-refractivity contribution in [2.24, 2.45) is 0 Å². The van der Waals surface area contributed by atoms with Gasteiger partial charge in [-0.25, -0.2) is 9.97 Å². The molecule has 3 heteroatoms. The molecule has 2 aromatic heterocycles. The van der Waals surface area contributed by atoms with Crippen LogP contribution < -0.4 is 0 Å². The summed E-state index contributed by atoms with van der Waals surface area (Å²) >= 11 is 0. The van der Waals surface area contributed by atoms with Gasteiger partial charge < -0.3 is 0 Å². The van der Waals surface area contributed by atoms with Crippen molar-refractivity contribution in [2.45, 2.75) is 0 Å². The fraction of sp³-hybridized carbons (Fsp3) is 0. The number of aromatic nitrogens is 3. The molecular formula is C62H41N3. The van der Waals surface area contributed by atoms with Gasteiger partial charge in [-0.05, 0) is 121 Å². The zero-order chi connectivity index (χ0) is 43.1. The molecule has 3 nitrogen and oxygen atoms in total. The number of nitrogens with zero attached hydrogens (tertiary/aromatic N) is 3. The molecule has 0 spiro atoms. The minimum Gasteiger partial charge on any atom is -0.294 e. The molecule has 0 aliphatic rings. The van der Waals surface area contributed by atoms with Crippen LogP contribution in [0.2, 0.25) is 0 Å². The lowest BCUT2D eigenvalue weighted by molar-refractivity contribution is 1.11. The molecule has 0 saturated carbocycles. The second-order valence-corrected chi connectivity index (χ2v) is 16.6. The molecule has 2 heterocycles. The molecule has 10 aromatic carbocycles. The van der Waals surface area contributed by atoms with Gasteiger partial charge in [-0.2, -0.15) is 0 Å². The lowest BCUT2D eigenvalue weighted by Gasteiger charge is -2.14. The second kappa shape index (κ2) is 16.2. The van der Waals surface area contributed by atoms with Crippen molar-refractivity contribution in [1.82, 2.24) is 14.5 Å². The summed E-state index contributed by atoms with van der Waals surface area (Å²) in [6.45, 7) is 0. The SMILES string of the molecule is c1ccc(-c2cc(-c3cccc(-c4cccc(-c5nc(-c6cccc(-c7ccccc7)c6)c6c7ccccc7n(-c7ccccc7)c6n5)c4)c3)cc(-c3cccc4ccccc34)c2)cc1. The predicted molar refractivity (Wildman–Crippen MR) is 272 cm³/mol. The minimum absolute atomic E-state index is 0.672. The quantitative estimate of drug-likeness (QED) is 0.153. The van der Waals surface area contributed by atoms with E-state index in [1.165, 1.54) is 33.0 Å². The molecule has 0 saturated heterocycles. The van der Waals surface area contributed by atoms with Crippen LogP contribution in [0.5, 0.6) is 0 Å². The van der Waals surface area contributed by atoms with E-state index in [1.54, 1.807) is 0 Å². The van der Waals surface area contributed by atoms with E-state index in [0.717, 1.165) is 77.8 Å². The topological polar surface area (TPSA) is 30.7 Å². The van der Waals surface area contributed by atoms with E-state index >= 15 is 0 Å². The van der Waals surface area contributed by atoms with Gasteiger partial charge in [0.2, 0.25) is 0 Å². The maximum atomic E-state index is 5.51. The Morgan fingerprint density at radius 2 is 0.738 bits per heavy atom. The molecule has 0 radical (unpaired) electrons. The van der Waals surface area contributed by atoms with Crippen LogP contribution >= 0.6 is 0 Å². The molecule has 0 N–H and O–H groups in total. The van der Waals surface area contributed by atoms with Crippen molar-refractivity contribution in [3.05, 3.63) is 249 Å². The highest BCUT2D eigenvalue weighted by molar-refractivity contribution is 6.14. The van der Waals surface area contributed by atoms with E-state index in [1.807, 2.05) is 0 Å². The van der Waals surface area contributed by atoms with Crippen molar-refractivity contribution in [1.29, 1.82) is 0 Å². The lowest BCUT2D eigenvalue weighted by Crippen LogP contribution is -1.99. The Morgan fingerprint density at radius 1 is 0.292 bits per heavy atom. The summed E-state index contributed by atoms with van der Waals surface area (Å²) < 4.78 is 2.28. The maximum absolute atomic E-state index is 5.51. The third-order valence-electron chi connectivity index (χ3n) is 12.6. The Labute approximate surface area is 378 Å². The standard InChI is InChI=1S/C62H41N3/c1-4-18-42(19-5-1)45-24-15-28-49(37-45)60-59-57-33-12-13-35-58(57)65(54-30-8-3-9-31-54)62(59)64-61(63-60)50-29-16-26-47(38-50)46-25-14-27-48(36-46)52-39-51(43-20-6-2-7-21-43)40-53(41-52)56-34-17-23-44-22-10-11-32-55(44)56/h1-41H. The summed E-state index contributed by atoms with van der Waals surface area (Å²) in [4.78, 5) is 11.0. The van der Waals surface area contributed by atoms with E-state index in [2.05, 4.69) is 253 Å². The van der Waals surface area contributed by atoms with Crippen LogP contribution in [0.15, 0.2) is 249 Å². The van der Waals surface area contributed by atoms with Crippen molar-refractivity contribution >= 4 is 32.7 Å². The molecule has 0 aliphatic heterocycles. The number of hydrogen-bond donors (Lipinski definition) is 0. The van der Waals surface area contributed by atoms with E-state index < -0.39 is 0 Å². The van der Waals surface area contributed by atoms with E-state index in [4.69, 9.17) is 9.97 Å². The molecule has 0 atom stereocenters. The molecule has 0 fully saturated rings. The average Bonchev–Trinajstić information content (AvgIpc) is 3.73. The molecule has 12 aromatic rings. The maximum Gasteiger partial charge on any atom is 0.162 e. The highest BCUT2D eigenvalue weighted by Crippen LogP contribution is 2.41. The summed E-state index contributed by atoms with van der Waals surface area (Å²) in [5.74, 6) is 0.672. The highest BCUT2D eigenvalue weighted by Gasteiger charge is 2.21. The van der Waals surface area contributed by atoms with Crippen molar-refractivity contribution in [2.75, 3.05) is 0 Å². The summed E-state index contributed by atoms with van der Waals surface area (Å²) in [5, 5.41) is 4.62. The van der Waals surface area contributed by atoms with Crippen LogP contribution in [0.4, 0.5) is 0 Å². The monoisotopic (exact) mass is 827 g/mol. The molecule has 12 rings (SSSR count). The summed E-state index contributed by atoms with van der Waals surface area (Å²) in [6.07, 6.45) is 0. The molecule has 0 bridgehead atoms. The van der Waals surface area contributed by atoms with Crippen molar-refractivity contribution in [3.8, 4) is 84.0 Å². The van der Waals surface area contributed by atoms with Crippen LogP contribution in [0.25, 0.3) is 117 Å². The van der Waals surface area contributed by atoms with E-state index in [0.29, 0.717) is 5.82 Å². The number of benzene rings is 10. The van der Waals surface area contributed by atoms with Gasteiger partial charge in [-0.1, -0.05) is 194 Å². The van der Waals surface area contributed by atoms with Crippen LogP contribution in [-0.2, 0) is 0 Å². The highest BCUT2D eigenvalue weighted by atomic mass is 15.1. The Balaban J connectivity index is 1.01. The van der Waals surface area contributed by atoms with Crippen LogP contribution in [0, 0.1) is 0 Å². The fourth-order valence-electron chi connectivity index (χ4n) is 9.45. The van der Waals surface area contributed by atoms with Gasteiger partial charge >= 0.3 is 0 Å². The van der Waals surface area contributed by atoms with E-state index in [9.17, 15) is 0 Å². The number of fused-ring (bicyclic) bond motifs is 4. The van der Waals surface area contributed by atoms with Crippen molar-refractivity contribution in [3.63, 3.8) is 0 Å². The van der Waals surface area contributed by atoms with Crippen LogP contribution in [0.1, 0.15) is 0 Å². The molecular weight excluding hydrogens is 787 g/mol. The molecule has 65 heavy (non-hydrogen) atoms. The minimum atomic E-state index is 0.672. The van der Waals surface area contributed by atoms with Gasteiger partial charge in [0.25, 0.3) is 0 Å². The first-order chi connectivity index (χ1) is 32.2. The van der Waals surface area contributed by atoms with Gasteiger partial charge in [0.05, 0.1) is 16.6 Å². The third-order valence-corrected chi connectivity index (χ3v) is 12.6. The summed E-state index contributed by atoms with van der Waals surface area (Å²) in [5.41, 5.74) is 17.5. The predicted octanol–water partition coefficient (Wildman–Crippen LogP) is 16.4. The largest absolute Gasteiger partial charge is 0.294 e. The van der Waals surface area contributed by atoms with Crippen LogP contribution in [0.3, 0.4) is 0 Å². The summed E-state index contributed by atoms with van der Waals surface area (Å²) in [6, 6.07) is 88.9. The number of hydrogen-bond acceptors (Lipinski definition) is 2. The number of rotatable bonds is 8. The molecule has 0 aliphatic carbocycles. The number of para-hydroxylation sites is 2. The van der Waals surface area contributed by atoms with Crippen LogP contribution in [-0.4, -0.2) is 14.5 Å². The first-order valence-electron chi connectivity index (χ1n) is 22.1. The van der Waals surface area contributed by atoms with Gasteiger partial charge in [0.1, 0.15) is 5.65 Å². The van der Waals surface area contributed by atoms with Gasteiger partial charge in [-0.3, -0.25) is 4.57 Å². The zero-order valence-corrected chi connectivity index (χ0v) is 35.5. The van der Waals surface area contributed by atoms with Gasteiger partial charge in [0, 0.05) is 22.2 Å². The molecule has 0 unspecified atom stereocenters. The fourth-order valence-corrected chi connectivity index (χ4v) is 9.45. The first kappa shape index (κ1) is 38.0. The Hall–Kier alpha value is -8.66. The second-order valence-electron chi connectivity index (χ2n) is 16.6. The Bertz CT molecular complexity index is 3700.